The van der Waals surface area contributed by atoms with E-state index in [1.807, 2.05) is 6.92 Å². The summed E-state index contributed by atoms with van der Waals surface area (Å²) in [6.07, 6.45) is 0. The largest absolute Gasteiger partial charge is 0.341 e. The highest BCUT2D eigenvalue weighted by Gasteiger charge is 2.16. The maximum absolute atomic E-state index is 13.8. The summed E-state index contributed by atoms with van der Waals surface area (Å²) in [7, 11) is -3.11. The molecule has 0 radical (unpaired) electrons. The number of para-hydroxylation sites is 1. The Morgan fingerprint density at radius 3 is 2.61 bits per heavy atom. The van der Waals surface area contributed by atoms with Crippen LogP contribution in [0.2, 0.25) is 0 Å². The second-order valence-electron chi connectivity index (χ2n) is 4.23. The molecule has 2 aromatic rings. The van der Waals surface area contributed by atoms with Crippen LogP contribution in [-0.2, 0) is 22.1 Å². The minimum absolute atomic E-state index is 0.0363. The molecule has 3 nitrogen and oxygen atoms in total. The molecule has 0 aliphatic heterocycles. The molecule has 0 aliphatic rings. The van der Waals surface area contributed by atoms with Gasteiger partial charge in [0.25, 0.3) is 0 Å². The van der Waals surface area contributed by atoms with Crippen molar-refractivity contribution in [2.75, 3.05) is 5.75 Å². The average Bonchev–Trinajstić information content (AvgIpc) is 2.67. The van der Waals surface area contributed by atoms with E-state index in [1.165, 1.54) is 6.07 Å². The number of aryl methyl sites for hydroxylation is 1. The van der Waals surface area contributed by atoms with E-state index in [1.54, 1.807) is 29.7 Å². The van der Waals surface area contributed by atoms with Gasteiger partial charge in [-0.05, 0) is 19.1 Å². The summed E-state index contributed by atoms with van der Waals surface area (Å²) in [6, 6.07) is 6.59. The Bertz CT molecular complexity index is 674. The second kappa shape index (κ2) is 4.72. The third-order valence-corrected chi connectivity index (χ3v) is 4.70. The molecule has 1 aromatic heterocycles. The van der Waals surface area contributed by atoms with Crippen LogP contribution in [0.3, 0.4) is 0 Å². The number of nitrogens with zero attached hydrogens (tertiary/aromatic N) is 1. The lowest BCUT2D eigenvalue weighted by Crippen LogP contribution is -2.11. The maximum Gasteiger partial charge on any atom is 0.155 e. The van der Waals surface area contributed by atoms with Crippen molar-refractivity contribution in [2.45, 2.75) is 26.1 Å². The van der Waals surface area contributed by atoms with Gasteiger partial charge in [-0.1, -0.05) is 19.1 Å². The molecule has 2 rings (SSSR count). The minimum Gasteiger partial charge on any atom is -0.341 e. The second-order valence-corrected chi connectivity index (χ2v) is 6.59. The Morgan fingerprint density at radius 1 is 1.28 bits per heavy atom. The summed E-state index contributed by atoms with van der Waals surface area (Å²) < 4.78 is 38.9. The van der Waals surface area contributed by atoms with Crippen LogP contribution in [0.4, 0.5) is 4.39 Å². The summed E-state index contributed by atoms with van der Waals surface area (Å²) in [5.41, 5.74) is 1.14. The first kappa shape index (κ1) is 13.1. The van der Waals surface area contributed by atoms with Gasteiger partial charge in [-0.25, -0.2) is 12.8 Å². The Kier molecular flexibility index (Phi) is 3.43. The summed E-state index contributed by atoms with van der Waals surface area (Å²) in [4.78, 5) is 0. The first-order valence-corrected chi connectivity index (χ1v) is 7.77. The van der Waals surface area contributed by atoms with Crippen LogP contribution in [0.25, 0.3) is 10.9 Å². The standard InChI is InChI=1S/C13H16FNO2S/c1-3-15-11(9-18(16,17)4-2)8-10-6-5-7-12(14)13(10)15/h5-8H,3-4,9H2,1-2H3. The van der Waals surface area contributed by atoms with Gasteiger partial charge in [-0.2, -0.15) is 0 Å². The molecule has 1 heterocycles. The van der Waals surface area contributed by atoms with Gasteiger partial charge in [0, 0.05) is 23.4 Å². The monoisotopic (exact) mass is 269 g/mol. The molecule has 1 aromatic carbocycles. The smallest absolute Gasteiger partial charge is 0.155 e. The lowest BCUT2D eigenvalue weighted by molar-refractivity contribution is 0.592. The number of hydrogen-bond donors (Lipinski definition) is 0. The van der Waals surface area contributed by atoms with E-state index < -0.39 is 9.84 Å². The molecule has 0 spiro atoms. The maximum atomic E-state index is 13.8. The molecule has 98 valence electrons. The van der Waals surface area contributed by atoms with Gasteiger partial charge in [0.2, 0.25) is 0 Å². The minimum atomic E-state index is -3.11. The molecule has 0 unspecified atom stereocenters. The fraction of sp³-hybridized carbons (Fsp3) is 0.385. The Balaban J connectivity index is 2.62. The fourth-order valence-electron chi connectivity index (χ4n) is 2.14. The van der Waals surface area contributed by atoms with Crippen LogP contribution in [0, 0.1) is 5.82 Å². The zero-order valence-corrected chi connectivity index (χ0v) is 11.3. The molecular formula is C13H16FNO2S. The van der Waals surface area contributed by atoms with Crippen molar-refractivity contribution in [2.24, 2.45) is 0 Å². The van der Waals surface area contributed by atoms with E-state index >= 15 is 0 Å². The Morgan fingerprint density at radius 2 is 2.00 bits per heavy atom. The van der Waals surface area contributed by atoms with Gasteiger partial charge in [-0.15, -0.1) is 0 Å². The average molecular weight is 269 g/mol. The van der Waals surface area contributed by atoms with E-state index in [-0.39, 0.29) is 17.3 Å². The molecule has 0 bridgehead atoms. The van der Waals surface area contributed by atoms with Crippen LogP contribution < -0.4 is 0 Å². The molecule has 0 aliphatic carbocycles. The molecule has 0 amide bonds. The number of sulfone groups is 1. The van der Waals surface area contributed by atoms with E-state index in [0.717, 1.165) is 5.39 Å². The quantitative estimate of drug-likeness (QED) is 0.856. The van der Waals surface area contributed by atoms with Crippen LogP contribution in [0.15, 0.2) is 24.3 Å². The zero-order valence-electron chi connectivity index (χ0n) is 10.5. The van der Waals surface area contributed by atoms with Gasteiger partial charge in [0.15, 0.2) is 9.84 Å². The molecule has 0 atom stereocenters. The molecule has 18 heavy (non-hydrogen) atoms. The molecule has 0 fully saturated rings. The lowest BCUT2D eigenvalue weighted by Gasteiger charge is -2.08. The van der Waals surface area contributed by atoms with E-state index in [9.17, 15) is 12.8 Å². The Labute approximate surface area is 106 Å². The van der Waals surface area contributed by atoms with Crippen molar-refractivity contribution in [1.29, 1.82) is 0 Å². The van der Waals surface area contributed by atoms with Gasteiger partial charge < -0.3 is 4.57 Å². The first-order chi connectivity index (χ1) is 8.48. The van der Waals surface area contributed by atoms with E-state index in [0.29, 0.717) is 17.8 Å². The van der Waals surface area contributed by atoms with Crippen LogP contribution in [0.1, 0.15) is 19.5 Å². The molecule has 0 saturated carbocycles. The topological polar surface area (TPSA) is 39.1 Å². The SMILES string of the molecule is CCn1c(CS(=O)(=O)CC)cc2cccc(F)c21. The summed E-state index contributed by atoms with van der Waals surface area (Å²) in [5, 5.41) is 0.748. The van der Waals surface area contributed by atoms with Crippen LogP contribution in [0.5, 0.6) is 0 Å². The van der Waals surface area contributed by atoms with Crippen molar-refractivity contribution >= 4 is 20.7 Å². The summed E-state index contributed by atoms with van der Waals surface area (Å²) >= 11 is 0. The van der Waals surface area contributed by atoms with Gasteiger partial charge >= 0.3 is 0 Å². The highest BCUT2D eigenvalue weighted by Crippen LogP contribution is 2.24. The number of rotatable bonds is 4. The summed E-state index contributed by atoms with van der Waals surface area (Å²) in [5.74, 6) is -0.249. The third-order valence-electron chi connectivity index (χ3n) is 3.08. The van der Waals surface area contributed by atoms with Gasteiger partial charge in [0.05, 0.1) is 11.3 Å². The van der Waals surface area contributed by atoms with Crippen LogP contribution in [-0.4, -0.2) is 18.7 Å². The predicted octanol–water partition coefficient (Wildman–Crippen LogP) is 2.74. The molecule has 0 N–H and O–H groups in total. The number of hydrogen-bond acceptors (Lipinski definition) is 2. The normalized spacial score (nSPS) is 12.2. The first-order valence-electron chi connectivity index (χ1n) is 5.95. The highest BCUT2D eigenvalue weighted by molar-refractivity contribution is 7.90. The van der Waals surface area contributed by atoms with E-state index in [2.05, 4.69) is 0 Å². The molecule has 0 saturated heterocycles. The number of aromatic nitrogens is 1. The zero-order chi connectivity index (χ0) is 13.3. The van der Waals surface area contributed by atoms with Crippen molar-refractivity contribution in [3.63, 3.8) is 0 Å². The lowest BCUT2D eigenvalue weighted by atomic mass is 10.2. The van der Waals surface area contributed by atoms with Crippen molar-refractivity contribution in [3.8, 4) is 0 Å². The van der Waals surface area contributed by atoms with E-state index in [4.69, 9.17) is 0 Å². The number of halogens is 1. The van der Waals surface area contributed by atoms with Crippen molar-refractivity contribution in [1.82, 2.24) is 4.57 Å². The van der Waals surface area contributed by atoms with Crippen LogP contribution >= 0.6 is 0 Å². The van der Waals surface area contributed by atoms with Gasteiger partial charge in [0.1, 0.15) is 5.82 Å². The fourth-order valence-corrected chi connectivity index (χ4v) is 3.04. The Hall–Kier alpha value is -1.36. The number of fused-ring (bicyclic) bond motifs is 1. The number of benzene rings is 1. The predicted molar refractivity (Wildman–Crippen MR) is 70.7 cm³/mol. The third kappa shape index (κ3) is 2.27. The molecular weight excluding hydrogens is 253 g/mol. The highest BCUT2D eigenvalue weighted by atomic mass is 32.2. The van der Waals surface area contributed by atoms with Crippen molar-refractivity contribution in [3.05, 3.63) is 35.8 Å². The van der Waals surface area contributed by atoms with Gasteiger partial charge in [-0.3, -0.25) is 0 Å². The summed E-state index contributed by atoms with van der Waals surface area (Å²) in [6.45, 7) is 4.06. The molecule has 5 heteroatoms. The van der Waals surface area contributed by atoms with Crippen molar-refractivity contribution < 1.29 is 12.8 Å².